The zero-order chi connectivity index (χ0) is 8.97. The highest BCUT2D eigenvalue weighted by atomic mass is 14.3. The van der Waals surface area contributed by atoms with Crippen LogP contribution in [0, 0.1) is 28.6 Å². The number of nitrogens with zero attached hydrogens (tertiary/aromatic N) is 2. The van der Waals surface area contributed by atoms with Gasteiger partial charge in [-0.05, 0) is 30.8 Å². The summed E-state index contributed by atoms with van der Waals surface area (Å²) in [6.07, 6.45) is 4.81. The molecule has 1 saturated carbocycles. The summed E-state index contributed by atoms with van der Waals surface area (Å²) in [6, 6.07) is 3.86. The molecule has 1 aliphatic carbocycles. The second-order valence-electron chi connectivity index (χ2n) is 2.86. The maximum Gasteiger partial charge on any atom is 0.129 e. The second kappa shape index (κ2) is 3.74. The Morgan fingerprint density at radius 1 is 1.50 bits per heavy atom. The highest BCUT2D eigenvalue weighted by Crippen LogP contribution is 2.33. The molecule has 1 aliphatic rings. The average Bonchev–Trinajstić information content (AvgIpc) is 2.55. The van der Waals surface area contributed by atoms with Crippen LogP contribution in [0.2, 0.25) is 0 Å². The summed E-state index contributed by atoms with van der Waals surface area (Å²) in [4.78, 5) is 0. The molecule has 2 nitrogen and oxygen atoms in total. The largest absolute Gasteiger partial charge is 0.192 e. The van der Waals surface area contributed by atoms with Gasteiger partial charge in [0.1, 0.15) is 17.7 Å². The lowest BCUT2D eigenvalue weighted by molar-refractivity contribution is 0.766. The van der Waals surface area contributed by atoms with Gasteiger partial charge in [0, 0.05) is 0 Å². The molecule has 0 saturated heterocycles. The van der Waals surface area contributed by atoms with Crippen LogP contribution in [0.1, 0.15) is 19.3 Å². The molecular weight excluding hydrogens is 148 g/mol. The van der Waals surface area contributed by atoms with Crippen molar-refractivity contribution >= 4 is 0 Å². The molecule has 0 spiro atoms. The SMILES string of the molecule is C=C[C@@H]1CCCC1=C(C#N)C#N. The van der Waals surface area contributed by atoms with Gasteiger partial charge >= 0.3 is 0 Å². The predicted octanol–water partition coefficient (Wildman–Crippen LogP) is 2.32. The van der Waals surface area contributed by atoms with E-state index in [1.165, 1.54) is 0 Å². The van der Waals surface area contributed by atoms with Gasteiger partial charge in [-0.15, -0.1) is 6.58 Å². The molecule has 0 N–H and O–H groups in total. The molecule has 0 aliphatic heterocycles. The van der Waals surface area contributed by atoms with Crippen LogP contribution in [0.3, 0.4) is 0 Å². The van der Waals surface area contributed by atoms with Crippen LogP contribution in [0.5, 0.6) is 0 Å². The van der Waals surface area contributed by atoms with E-state index in [2.05, 4.69) is 6.58 Å². The zero-order valence-corrected chi connectivity index (χ0v) is 6.88. The van der Waals surface area contributed by atoms with Crippen LogP contribution in [-0.4, -0.2) is 0 Å². The minimum absolute atomic E-state index is 0.263. The third-order valence-corrected chi connectivity index (χ3v) is 2.24. The molecular formula is C10H10N2. The molecule has 1 rings (SSSR count). The first-order chi connectivity index (χ1) is 5.83. The van der Waals surface area contributed by atoms with E-state index in [9.17, 15) is 0 Å². The maximum absolute atomic E-state index is 8.64. The van der Waals surface area contributed by atoms with E-state index in [4.69, 9.17) is 10.5 Å². The Labute approximate surface area is 72.4 Å². The Bertz CT molecular complexity index is 283. The van der Waals surface area contributed by atoms with E-state index in [1.807, 2.05) is 18.2 Å². The Hall–Kier alpha value is -1.54. The van der Waals surface area contributed by atoms with Crippen LogP contribution in [0.4, 0.5) is 0 Å². The summed E-state index contributed by atoms with van der Waals surface area (Å²) >= 11 is 0. The maximum atomic E-state index is 8.64. The summed E-state index contributed by atoms with van der Waals surface area (Å²) in [6.45, 7) is 3.69. The standard InChI is InChI=1S/C10H10N2/c1-2-8-4-3-5-10(8)9(6-11)7-12/h2,8H,1,3-5H2/t8-/m1/s1. The topological polar surface area (TPSA) is 47.6 Å². The summed E-state index contributed by atoms with van der Waals surface area (Å²) in [7, 11) is 0. The van der Waals surface area contributed by atoms with Crippen LogP contribution in [0.15, 0.2) is 23.8 Å². The van der Waals surface area contributed by atoms with Crippen molar-refractivity contribution in [2.75, 3.05) is 0 Å². The highest BCUT2D eigenvalue weighted by Gasteiger charge is 2.21. The van der Waals surface area contributed by atoms with E-state index in [1.54, 1.807) is 0 Å². The van der Waals surface area contributed by atoms with E-state index < -0.39 is 0 Å². The number of hydrogen-bond donors (Lipinski definition) is 0. The lowest BCUT2D eigenvalue weighted by Crippen LogP contribution is -1.94. The normalized spacial score (nSPS) is 21.2. The van der Waals surface area contributed by atoms with Gasteiger partial charge in [0.15, 0.2) is 0 Å². The van der Waals surface area contributed by atoms with Gasteiger partial charge in [-0.2, -0.15) is 10.5 Å². The Morgan fingerprint density at radius 2 is 2.17 bits per heavy atom. The van der Waals surface area contributed by atoms with E-state index >= 15 is 0 Å². The molecule has 60 valence electrons. The Kier molecular flexibility index (Phi) is 2.66. The average molecular weight is 158 g/mol. The first kappa shape index (κ1) is 8.56. The van der Waals surface area contributed by atoms with E-state index in [-0.39, 0.29) is 11.5 Å². The van der Waals surface area contributed by atoms with Crippen LogP contribution < -0.4 is 0 Å². The summed E-state index contributed by atoms with van der Waals surface area (Å²) in [5, 5.41) is 17.3. The smallest absolute Gasteiger partial charge is 0.129 e. The van der Waals surface area contributed by atoms with Crippen molar-refractivity contribution < 1.29 is 0 Å². The lowest BCUT2D eigenvalue weighted by atomic mass is 9.99. The quantitative estimate of drug-likeness (QED) is 0.434. The number of allylic oxidation sites excluding steroid dienone is 3. The van der Waals surface area contributed by atoms with Gasteiger partial charge < -0.3 is 0 Å². The van der Waals surface area contributed by atoms with Crippen molar-refractivity contribution in [2.45, 2.75) is 19.3 Å². The number of rotatable bonds is 1. The van der Waals surface area contributed by atoms with Gasteiger partial charge in [0.05, 0.1) is 0 Å². The van der Waals surface area contributed by atoms with E-state index in [0.717, 1.165) is 24.8 Å². The molecule has 1 atom stereocenters. The van der Waals surface area contributed by atoms with Crippen molar-refractivity contribution in [1.29, 1.82) is 10.5 Å². The minimum Gasteiger partial charge on any atom is -0.192 e. The third kappa shape index (κ3) is 1.38. The molecule has 0 aromatic carbocycles. The molecule has 0 unspecified atom stereocenters. The molecule has 0 aromatic rings. The van der Waals surface area contributed by atoms with Gasteiger partial charge in [-0.3, -0.25) is 0 Å². The summed E-state index contributed by atoms with van der Waals surface area (Å²) in [5.74, 6) is 0.263. The fourth-order valence-corrected chi connectivity index (χ4v) is 1.61. The van der Waals surface area contributed by atoms with Crippen molar-refractivity contribution in [2.24, 2.45) is 5.92 Å². The second-order valence-corrected chi connectivity index (χ2v) is 2.86. The summed E-state index contributed by atoms with van der Waals surface area (Å²) in [5.41, 5.74) is 1.27. The predicted molar refractivity (Wildman–Crippen MR) is 45.8 cm³/mol. The van der Waals surface area contributed by atoms with Gasteiger partial charge in [0.2, 0.25) is 0 Å². The summed E-state index contributed by atoms with van der Waals surface area (Å²) < 4.78 is 0. The van der Waals surface area contributed by atoms with Crippen molar-refractivity contribution in [3.8, 4) is 12.1 Å². The third-order valence-electron chi connectivity index (χ3n) is 2.24. The van der Waals surface area contributed by atoms with Crippen LogP contribution >= 0.6 is 0 Å². The van der Waals surface area contributed by atoms with Crippen molar-refractivity contribution in [3.05, 3.63) is 23.8 Å². The molecule has 0 amide bonds. The monoisotopic (exact) mass is 158 g/mol. The minimum atomic E-state index is 0.263. The van der Waals surface area contributed by atoms with Crippen LogP contribution in [0.25, 0.3) is 0 Å². The molecule has 0 radical (unpaired) electrons. The fraction of sp³-hybridized carbons (Fsp3) is 0.400. The molecule has 1 fully saturated rings. The first-order valence-electron chi connectivity index (χ1n) is 3.99. The molecule has 0 heterocycles. The van der Waals surface area contributed by atoms with Crippen LogP contribution in [-0.2, 0) is 0 Å². The van der Waals surface area contributed by atoms with Gasteiger partial charge in [0.25, 0.3) is 0 Å². The Balaban J connectivity index is 3.02. The fourth-order valence-electron chi connectivity index (χ4n) is 1.61. The Morgan fingerprint density at radius 3 is 2.67 bits per heavy atom. The van der Waals surface area contributed by atoms with E-state index in [0.29, 0.717) is 0 Å². The van der Waals surface area contributed by atoms with Gasteiger partial charge in [-0.1, -0.05) is 6.08 Å². The highest BCUT2D eigenvalue weighted by molar-refractivity contribution is 5.43. The molecule has 12 heavy (non-hydrogen) atoms. The van der Waals surface area contributed by atoms with Crippen molar-refractivity contribution in [1.82, 2.24) is 0 Å². The van der Waals surface area contributed by atoms with Gasteiger partial charge in [-0.25, -0.2) is 0 Å². The number of nitriles is 2. The first-order valence-corrected chi connectivity index (χ1v) is 3.99. The molecule has 0 aromatic heterocycles. The number of hydrogen-bond acceptors (Lipinski definition) is 2. The molecule has 2 heteroatoms. The molecule has 0 bridgehead atoms. The van der Waals surface area contributed by atoms with Crippen molar-refractivity contribution in [3.63, 3.8) is 0 Å². The zero-order valence-electron chi connectivity index (χ0n) is 6.88. The lowest BCUT2D eigenvalue weighted by Gasteiger charge is -2.03.